The average Bonchev–Trinajstić information content (AvgIpc) is 2.99. The molecule has 0 saturated carbocycles. The quantitative estimate of drug-likeness (QED) is 0.868. The molecule has 1 unspecified atom stereocenters. The first-order chi connectivity index (χ1) is 8.74. The molecular formula is C14H21N3S. The Bertz CT molecular complexity index is 473. The first-order valence-electron chi connectivity index (χ1n) is 6.45. The lowest BCUT2D eigenvalue weighted by Gasteiger charge is -2.15. The van der Waals surface area contributed by atoms with Gasteiger partial charge >= 0.3 is 0 Å². The number of nitrogens with zero attached hydrogens (tertiary/aromatic N) is 2. The SMILES string of the molecule is CCc1nn(C)cc1C(CCc1ccsc1)NC. The molecule has 0 saturated heterocycles. The molecule has 0 aliphatic heterocycles. The van der Waals surface area contributed by atoms with E-state index in [-0.39, 0.29) is 0 Å². The van der Waals surface area contributed by atoms with Crippen molar-refractivity contribution in [2.75, 3.05) is 7.05 Å². The molecular weight excluding hydrogens is 242 g/mol. The van der Waals surface area contributed by atoms with Gasteiger partial charge in [0, 0.05) is 24.8 Å². The van der Waals surface area contributed by atoms with Gasteiger partial charge in [0.2, 0.25) is 0 Å². The van der Waals surface area contributed by atoms with Crippen molar-refractivity contribution in [3.05, 3.63) is 39.8 Å². The van der Waals surface area contributed by atoms with E-state index in [1.54, 1.807) is 11.3 Å². The van der Waals surface area contributed by atoms with Gasteiger partial charge in [0.05, 0.1) is 5.69 Å². The van der Waals surface area contributed by atoms with E-state index < -0.39 is 0 Å². The van der Waals surface area contributed by atoms with E-state index in [0.717, 1.165) is 19.3 Å². The minimum atomic E-state index is 0.397. The van der Waals surface area contributed by atoms with E-state index in [9.17, 15) is 0 Å². The summed E-state index contributed by atoms with van der Waals surface area (Å²) >= 11 is 1.77. The van der Waals surface area contributed by atoms with Gasteiger partial charge < -0.3 is 5.32 Å². The summed E-state index contributed by atoms with van der Waals surface area (Å²) in [6, 6.07) is 2.61. The molecule has 0 aromatic carbocycles. The monoisotopic (exact) mass is 263 g/mol. The zero-order valence-corrected chi connectivity index (χ0v) is 12.1. The molecule has 0 radical (unpaired) electrons. The van der Waals surface area contributed by atoms with Crippen LogP contribution in [-0.2, 0) is 19.9 Å². The number of nitrogens with one attached hydrogen (secondary N) is 1. The van der Waals surface area contributed by atoms with E-state index in [1.165, 1.54) is 16.8 Å². The zero-order valence-electron chi connectivity index (χ0n) is 11.3. The maximum Gasteiger partial charge on any atom is 0.0669 e. The van der Waals surface area contributed by atoms with Crippen LogP contribution in [0.1, 0.15) is 36.2 Å². The van der Waals surface area contributed by atoms with Crippen LogP contribution in [0.15, 0.2) is 23.0 Å². The van der Waals surface area contributed by atoms with Crippen molar-refractivity contribution in [1.82, 2.24) is 15.1 Å². The van der Waals surface area contributed by atoms with Crippen molar-refractivity contribution in [2.24, 2.45) is 7.05 Å². The number of hydrogen-bond acceptors (Lipinski definition) is 3. The van der Waals surface area contributed by atoms with Crippen LogP contribution in [-0.4, -0.2) is 16.8 Å². The van der Waals surface area contributed by atoms with Gasteiger partial charge in [-0.05, 0) is 48.7 Å². The molecule has 2 aromatic rings. The van der Waals surface area contributed by atoms with Gasteiger partial charge in [-0.15, -0.1) is 0 Å². The van der Waals surface area contributed by atoms with Gasteiger partial charge in [0.25, 0.3) is 0 Å². The minimum Gasteiger partial charge on any atom is -0.313 e. The third-order valence-electron chi connectivity index (χ3n) is 3.30. The molecule has 4 heteroatoms. The van der Waals surface area contributed by atoms with Gasteiger partial charge in [0.15, 0.2) is 0 Å². The van der Waals surface area contributed by atoms with Crippen molar-refractivity contribution < 1.29 is 0 Å². The Balaban J connectivity index is 2.07. The summed E-state index contributed by atoms with van der Waals surface area (Å²) in [6.45, 7) is 2.16. The van der Waals surface area contributed by atoms with Crippen molar-refractivity contribution in [2.45, 2.75) is 32.2 Å². The summed E-state index contributed by atoms with van der Waals surface area (Å²) < 4.78 is 1.92. The normalized spacial score (nSPS) is 12.8. The predicted octanol–water partition coefficient (Wildman–Crippen LogP) is 2.94. The fourth-order valence-electron chi connectivity index (χ4n) is 2.32. The Morgan fingerprint density at radius 2 is 2.33 bits per heavy atom. The van der Waals surface area contributed by atoms with Crippen LogP contribution in [0.5, 0.6) is 0 Å². The minimum absolute atomic E-state index is 0.397. The zero-order chi connectivity index (χ0) is 13.0. The molecule has 0 fully saturated rings. The Hall–Kier alpha value is -1.13. The lowest BCUT2D eigenvalue weighted by Crippen LogP contribution is -2.18. The molecule has 3 nitrogen and oxygen atoms in total. The molecule has 2 heterocycles. The third kappa shape index (κ3) is 3.00. The molecule has 0 aliphatic rings. The second kappa shape index (κ2) is 6.16. The van der Waals surface area contributed by atoms with E-state index in [2.05, 4.69) is 40.4 Å². The number of aryl methyl sites for hydroxylation is 3. The van der Waals surface area contributed by atoms with Crippen molar-refractivity contribution >= 4 is 11.3 Å². The summed E-state index contributed by atoms with van der Waals surface area (Å²) in [7, 11) is 4.03. The Kier molecular flexibility index (Phi) is 4.55. The highest BCUT2D eigenvalue weighted by molar-refractivity contribution is 7.07. The summed E-state index contributed by atoms with van der Waals surface area (Å²) in [5.41, 5.74) is 3.99. The van der Waals surface area contributed by atoms with Gasteiger partial charge in [-0.25, -0.2) is 0 Å². The van der Waals surface area contributed by atoms with Crippen molar-refractivity contribution in [3.8, 4) is 0 Å². The van der Waals surface area contributed by atoms with Gasteiger partial charge in [-0.1, -0.05) is 6.92 Å². The number of aromatic nitrogens is 2. The van der Waals surface area contributed by atoms with Gasteiger partial charge in [0.1, 0.15) is 0 Å². The summed E-state index contributed by atoms with van der Waals surface area (Å²) in [6.07, 6.45) is 5.37. The third-order valence-corrected chi connectivity index (χ3v) is 4.03. The number of thiophene rings is 1. The fraction of sp³-hybridized carbons (Fsp3) is 0.500. The molecule has 0 aliphatic carbocycles. The molecule has 1 N–H and O–H groups in total. The lowest BCUT2D eigenvalue weighted by atomic mass is 10.00. The maximum atomic E-state index is 4.52. The smallest absolute Gasteiger partial charge is 0.0669 e. The highest BCUT2D eigenvalue weighted by Crippen LogP contribution is 2.22. The first kappa shape index (κ1) is 13.3. The average molecular weight is 263 g/mol. The molecule has 0 spiro atoms. The van der Waals surface area contributed by atoms with Crippen LogP contribution in [0.2, 0.25) is 0 Å². The fourth-order valence-corrected chi connectivity index (χ4v) is 3.02. The number of rotatable bonds is 6. The second-order valence-electron chi connectivity index (χ2n) is 4.57. The molecule has 2 rings (SSSR count). The largest absolute Gasteiger partial charge is 0.313 e. The molecule has 0 amide bonds. The summed E-state index contributed by atoms with van der Waals surface area (Å²) in [5, 5.41) is 12.3. The summed E-state index contributed by atoms with van der Waals surface area (Å²) in [5.74, 6) is 0. The van der Waals surface area contributed by atoms with Crippen molar-refractivity contribution in [3.63, 3.8) is 0 Å². The van der Waals surface area contributed by atoms with Crippen LogP contribution < -0.4 is 5.32 Å². The van der Waals surface area contributed by atoms with Crippen LogP contribution in [0, 0.1) is 0 Å². The second-order valence-corrected chi connectivity index (χ2v) is 5.35. The van der Waals surface area contributed by atoms with Gasteiger partial charge in [-0.3, -0.25) is 4.68 Å². The molecule has 18 heavy (non-hydrogen) atoms. The summed E-state index contributed by atoms with van der Waals surface area (Å²) in [4.78, 5) is 0. The standard InChI is InChI=1S/C14H21N3S/c1-4-13-12(9-17(3)16-13)14(15-2)6-5-11-7-8-18-10-11/h7-10,14-15H,4-6H2,1-3H3. The highest BCUT2D eigenvalue weighted by Gasteiger charge is 2.16. The van der Waals surface area contributed by atoms with Crippen molar-refractivity contribution in [1.29, 1.82) is 0 Å². The highest BCUT2D eigenvalue weighted by atomic mass is 32.1. The van der Waals surface area contributed by atoms with E-state index in [0.29, 0.717) is 6.04 Å². The maximum absolute atomic E-state index is 4.52. The van der Waals surface area contributed by atoms with E-state index >= 15 is 0 Å². The first-order valence-corrected chi connectivity index (χ1v) is 7.39. The van der Waals surface area contributed by atoms with E-state index in [4.69, 9.17) is 0 Å². The Morgan fingerprint density at radius 1 is 1.50 bits per heavy atom. The Labute approximate surface area is 113 Å². The van der Waals surface area contributed by atoms with Crippen LogP contribution >= 0.6 is 11.3 Å². The molecule has 98 valence electrons. The Morgan fingerprint density at radius 3 is 2.94 bits per heavy atom. The topological polar surface area (TPSA) is 29.9 Å². The van der Waals surface area contributed by atoms with Crippen LogP contribution in [0.4, 0.5) is 0 Å². The van der Waals surface area contributed by atoms with Crippen LogP contribution in [0.25, 0.3) is 0 Å². The lowest BCUT2D eigenvalue weighted by molar-refractivity contribution is 0.545. The van der Waals surface area contributed by atoms with Crippen LogP contribution in [0.3, 0.4) is 0 Å². The predicted molar refractivity (Wildman–Crippen MR) is 77.0 cm³/mol. The molecule has 0 bridgehead atoms. The van der Waals surface area contributed by atoms with Gasteiger partial charge in [-0.2, -0.15) is 16.4 Å². The number of hydrogen-bond donors (Lipinski definition) is 1. The molecule has 2 aromatic heterocycles. The van der Waals surface area contributed by atoms with E-state index in [1.807, 2.05) is 18.8 Å². The molecule has 1 atom stereocenters.